The van der Waals surface area contributed by atoms with Gasteiger partial charge in [-0.1, -0.05) is 80.8 Å². The Bertz CT molecular complexity index is 1690. The summed E-state index contributed by atoms with van der Waals surface area (Å²) in [7, 11) is -12.5. The molecule has 9 nitrogen and oxygen atoms in total. The Hall–Kier alpha value is -2.61. The van der Waals surface area contributed by atoms with E-state index in [1.54, 1.807) is 36.4 Å². The molecule has 1 fully saturated rings. The molecule has 3 aromatic carbocycles. The summed E-state index contributed by atoms with van der Waals surface area (Å²) < 4.78 is 89.9. The van der Waals surface area contributed by atoms with Crippen molar-refractivity contribution in [2.24, 2.45) is 11.8 Å². The van der Waals surface area contributed by atoms with Crippen LogP contribution in [0.25, 0.3) is 0 Å². The molecule has 0 unspecified atom stereocenters. The minimum absolute atomic E-state index is 0.0678. The summed E-state index contributed by atoms with van der Waals surface area (Å²) in [5.41, 5.74) is 2.68. The molecule has 1 saturated heterocycles. The van der Waals surface area contributed by atoms with Crippen molar-refractivity contribution < 1.29 is 25.3 Å². The molecule has 45 heavy (non-hydrogen) atoms. The van der Waals surface area contributed by atoms with Gasteiger partial charge in [-0.2, -0.15) is 12.9 Å². The number of hydrogen-bond acceptors (Lipinski definition) is 6. The summed E-state index contributed by atoms with van der Waals surface area (Å²) in [5, 5.41) is 0. The molecule has 0 amide bonds. The lowest BCUT2D eigenvalue weighted by Crippen LogP contribution is -2.52. The molecule has 0 saturated carbocycles. The maximum Gasteiger partial charge on any atom is 0.243 e. The lowest BCUT2D eigenvalue weighted by molar-refractivity contribution is 0.217. The topological polar surface area (TPSA) is 112 Å². The predicted octanol–water partition coefficient (Wildman–Crippen LogP) is 5.05. The second-order valence-corrected chi connectivity index (χ2v) is 18.3. The molecule has 4 rings (SSSR count). The van der Waals surface area contributed by atoms with E-state index in [2.05, 4.69) is 0 Å². The van der Waals surface area contributed by atoms with Crippen LogP contribution in [0, 0.1) is 32.6 Å². The summed E-state index contributed by atoms with van der Waals surface area (Å²) in [6.07, 6.45) is 0. The van der Waals surface area contributed by atoms with Gasteiger partial charge >= 0.3 is 0 Å². The molecule has 0 bridgehead atoms. The fraction of sp³-hybridized carbons (Fsp3) is 0.455. The van der Waals surface area contributed by atoms with Gasteiger partial charge in [0.2, 0.25) is 30.1 Å². The number of benzene rings is 3. The highest BCUT2D eigenvalue weighted by Crippen LogP contribution is 2.31. The maximum atomic E-state index is 14.3. The quantitative estimate of drug-likeness (QED) is 0.331. The molecule has 0 spiro atoms. The molecule has 1 heterocycles. The minimum atomic E-state index is -4.16. The summed E-state index contributed by atoms with van der Waals surface area (Å²) in [5.74, 6) is -0.586. The van der Waals surface area contributed by atoms with Crippen molar-refractivity contribution in [1.29, 1.82) is 0 Å². The third-order valence-corrected chi connectivity index (χ3v) is 14.2. The van der Waals surface area contributed by atoms with Crippen molar-refractivity contribution in [2.45, 2.75) is 75.2 Å². The molecule has 12 heteroatoms. The number of hydrogen-bond donors (Lipinski definition) is 0. The van der Waals surface area contributed by atoms with Crippen LogP contribution in [0.3, 0.4) is 0 Å². The first-order chi connectivity index (χ1) is 21.0. The summed E-state index contributed by atoms with van der Waals surface area (Å²) >= 11 is 0. The van der Waals surface area contributed by atoms with Crippen molar-refractivity contribution >= 4 is 30.1 Å². The van der Waals surface area contributed by atoms with Crippen LogP contribution in [0.4, 0.5) is 0 Å². The second-order valence-electron chi connectivity index (χ2n) is 12.6. The third kappa shape index (κ3) is 7.52. The van der Waals surface area contributed by atoms with Crippen molar-refractivity contribution in [3.05, 3.63) is 89.5 Å². The van der Waals surface area contributed by atoms with E-state index in [1.165, 1.54) is 49.3 Å². The van der Waals surface area contributed by atoms with E-state index in [9.17, 15) is 25.3 Å². The number of rotatable bonds is 8. The van der Waals surface area contributed by atoms with Gasteiger partial charge < -0.3 is 0 Å². The molecule has 1 aliphatic heterocycles. The minimum Gasteiger partial charge on any atom is -0.207 e. The van der Waals surface area contributed by atoms with Crippen LogP contribution in [-0.4, -0.2) is 76.4 Å². The molecule has 1 aliphatic rings. The normalized spacial score (nSPS) is 20.2. The van der Waals surface area contributed by atoms with Gasteiger partial charge in [0.05, 0.1) is 14.7 Å². The highest BCUT2D eigenvalue weighted by atomic mass is 32.2. The van der Waals surface area contributed by atoms with E-state index >= 15 is 0 Å². The van der Waals surface area contributed by atoms with Crippen LogP contribution in [0.5, 0.6) is 0 Å². The van der Waals surface area contributed by atoms with Crippen molar-refractivity contribution in [2.75, 3.05) is 26.2 Å². The zero-order valence-corrected chi connectivity index (χ0v) is 29.5. The molecule has 0 N–H and O–H groups in total. The first kappa shape index (κ1) is 35.2. The Balaban J connectivity index is 1.94. The average molecular weight is 676 g/mol. The third-order valence-electron chi connectivity index (χ3n) is 8.51. The van der Waals surface area contributed by atoms with Crippen LogP contribution < -0.4 is 0 Å². The Morgan fingerprint density at radius 2 is 0.756 bits per heavy atom. The largest absolute Gasteiger partial charge is 0.243 e. The van der Waals surface area contributed by atoms with Crippen molar-refractivity contribution in [3.8, 4) is 0 Å². The second kappa shape index (κ2) is 13.6. The van der Waals surface area contributed by atoms with E-state index in [0.29, 0.717) is 0 Å². The SMILES string of the molecule is Cc1ccc(S(=O)(=O)N2C[C@H](C(C)C)N(S(=O)(=O)c3ccc(C)cc3)CCN(S(=O)(=O)c3ccc(C)cc3)[C@@H](C(C)C)C2)cc1. The number of nitrogens with zero attached hydrogens (tertiary/aromatic N) is 3. The van der Waals surface area contributed by atoms with Crippen molar-refractivity contribution in [3.63, 3.8) is 0 Å². The molecule has 2 atom stereocenters. The molecule has 0 radical (unpaired) electrons. The Morgan fingerprint density at radius 1 is 0.489 bits per heavy atom. The zero-order valence-electron chi connectivity index (χ0n) is 27.1. The van der Waals surface area contributed by atoms with Gasteiger partial charge in [-0.15, -0.1) is 0 Å². The van der Waals surface area contributed by atoms with E-state index in [-0.39, 0.29) is 52.7 Å². The molecule has 246 valence electrons. The summed E-state index contributed by atoms with van der Waals surface area (Å²) in [4.78, 5) is 0.205. The molecule has 0 aromatic heterocycles. The van der Waals surface area contributed by atoms with Gasteiger partial charge in [-0.25, -0.2) is 25.3 Å². The summed E-state index contributed by atoms with van der Waals surface area (Å²) in [6.45, 7) is 12.5. The number of aryl methyl sites for hydroxylation is 3. The van der Waals surface area contributed by atoms with Crippen LogP contribution in [0.2, 0.25) is 0 Å². The average Bonchev–Trinajstić information content (AvgIpc) is 3.06. The summed E-state index contributed by atoms with van der Waals surface area (Å²) in [6, 6.07) is 17.9. The monoisotopic (exact) mass is 675 g/mol. The molecule has 3 aromatic rings. The highest BCUT2D eigenvalue weighted by molar-refractivity contribution is 7.90. The molecular formula is C33H45N3O6S3. The van der Waals surface area contributed by atoms with Crippen molar-refractivity contribution in [1.82, 2.24) is 12.9 Å². The van der Waals surface area contributed by atoms with E-state index in [0.717, 1.165) is 16.7 Å². The van der Waals surface area contributed by atoms with E-state index < -0.39 is 42.2 Å². The lowest BCUT2D eigenvalue weighted by atomic mass is 10.0. The van der Waals surface area contributed by atoms with Crippen LogP contribution >= 0.6 is 0 Å². The highest BCUT2D eigenvalue weighted by Gasteiger charge is 2.43. The van der Waals surface area contributed by atoms with Gasteiger partial charge in [-0.05, 0) is 69.0 Å². The molecule has 0 aliphatic carbocycles. The lowest BCUT2D eigenvalue weighted by Gasteiger charge is -2.36. The van der Waals surface area contributed by atoms with Gasteiger partial charge in [0.1, 0.15) is 0 Å². The zero-order chi connectivity index (χ0) is 33.3. The first-order valence-corrected chi connectivity index (χ1v) is 19.5. The van der Waals surface area contributed by atoms with E-state index in [1.807, 2.05) is 48.5 Å². The first-order valence-electron chi connectivity index (χ1n) is 15.2. The Morgan fingerprint density at radius 3 is 1.02 bits per heavy atom. The standard InChI is InChI=1S/C33H45N3O6S3/c1-24(2)32-22-34(43(37,38)29-14-8-26(5)9-15-29)23-33(25(3)4)36(45(41,42)31-18-12-28(7)13-19-31)21-20-35(32)44(39,40)30-16-10-27(6)11-17-30/h8-19,24-25,32-33H,20-23H2,1-7H3/t32-,33-/m1/s1. The van der Waals surface area contributed by atoms with Crippen LogP contribution in [0.15, 0.2) is 87.5 Å². The van der Waals surface area contributed by atoms with Crippen LogP contribution in [-0.2, 0) is 30.1 Å². The van der Waals surface area contributed by atoms with Gasteiger partial charge in [0.25, 0.3) is 0 Å². The number of sulfonamides is 3. The van der Waals surface area contributed by atoms with Gasteiger partial charge in [0.15, 0.2) is 0 Å². The van der Waals surface area contributed by atoms with E-state index in [4.69, 9.17) is 0 Å². The predicted molar refractivity (Wildman–Crippen MR) is 177 cm³/mol. The smallest absolute Gasteiger partial charge is 0.207 e. The van der Waals surface area contributed by atoms with Gasteiger partial charge in [-0.3, -0.25) is 0 Å². The maximum absolute atomic E-state index is 14.3. The Labute approximate surface area is 270 Å². The van der Waals surface area contributed by atoms with Gasteiger partial charge in [0, 0.05) is 38.3 Å². The fourth-order valence-corrected chi connectivity index (χ4v) is 10.6. The molecular weight excluding hydrogens is 631 g/mol. The van der Waals surface area contributed by atoms with Crippen LogP contribution in [0.1, 0.15) is 44.4 Å². The Kier molecular flexibility index (Phi) is 10.7. The fourth-order valence-electron chi connectivity index (χ4n) is 5.63.